The first-order valence-corrected chi connectivity index (χ1v) is 11.0. The van der Waals surface area contributed by atoms with E-state index in [2.05, 4.69) is 48.5 Å². The summed E-state index contributed by atoms with van der Waals surface area (Å²) in [6.45, 7) is 5.46. The van der Waals surface area contributed by atoms with Crippen LogP contribution in [0, 0.1) is 0 Å². The van der Waals surface area contributed by atoms with Crippen LogP contribution >= 0.6 is 0 Å². The Morgan fingerprint density at radius 2 is 0.844 bits per heavy atom. The van der Waals surface area contributed by atoms with E-state index < -0.39 is 0 Å². The van der Waals surface area contributed by atoms with Gasteiger partial charge in [0.15, 0.2) is 0 Å². The van der Waals surface area contributed by atoms with Gasteiger partial charge in [-0.2, -0.15) is 0 Å². The van der Waals surface area contributed by atoms with Gasteiger partial charge in [-0.25, -0.2) is 0 Å². The van der Waals surface area contributed by atoms with Crippen molar-refractivity contribution in [2.75, 3.05) is 0 Å². The van der Waals surface area contributed by atoms with E-state index in [1.54, 1.807) is 13.8 Å². The van der Waals surface area contributed by atoms with Gasteiger partial charge in [-0.1, -0.05) is 72.8 Å². The van der Waals surface area contributed by atoms with E-state index in [0.717, 1.165) is 43.8 Å². The van der Waals surface area contributed by atoms with Crippen LogP contribution in [-0.4, -0.2) is 21.6 Å². The van der Waals surface area contributed by atoms with Gasteiger partial charge in [-0.05, 0) is 43.8 Å². The number of carbonyl (C=O) groups is 2. The summed E-state index contributed by atoms with van der Waals surface area (Å²) in [5, 5.41) is 4.56. The summed E-state index contributed by atoms with van der Waals surface area (Å²) < 4.78 is 0. The van der Waals surface area contributed by atoms with Gasteiger partial charge in [0, 0.05) is 40.0 Å². The maximum absolute atomic E-state index is 12.6. The van der Waals surface area contributed by atoms with Crippen LogP contribution in [0.4, 0.5) is 0 Å². The van der Waals surface area contributed by atoms with E-state index in [9.17, 15) is 9.59 Å². The molecule has 0 unspecified atom stereocenters. The minimum absolute atomic E-state index is 0.0566. The van der Waals surface area contributed by atoms with Gasteiger partial charge in [-0.3, -0.25) is 9.59 Å². The zero-order valence-electron chi connectivity index (χ0n) is 18.5. The second-order valence-electron chi connectivity index (χ2n) is 8.61. The summed E-state index contributed by atoms with van der Waals surface area (Å²) >= 11 is 0. The minimum atomic E-state index is 0.0566. The minimum Gasteiger partial charge on any atom is -0.334 e. The maximum atomic E-state index is 12.6. The molecule has 4 heteroatoms. The Hall–Kier alpha value is -3.66. The molecule has 4 heterocycles. The van der Waals surface area contributed by atoms with Gasteiger partial charge in [0.05, 0.1) is 0 Å². The van der Waals surface area contributed by atoms with Gasteiger partial charge in [0.2, 0.25) is 11.8 Å². The lowest BCUT2D eigenvalue weighted by Gasteiger charge is -2.28. The van der Waals surface area contributed by atoms with Crippen molar-refractivity contribution in [1.82, 2.24) is 9.80 Å². The molecular formula is C28H26N2O2. The molecule has 0 spiro atoms. The Morgan fingerprint density at radius 3 is 1.12 bits per heavy atom. The zero-order chi connectivity index (χ0) is 22.2. The third kappa shape index (κ3) is 3.62. The van der Waals surface area contributed by atoms with Crippen molar-refractivity contribution in [2.45, 2.75) is 40.0 Å². The number of hydrogen-bond acceptors (Lipinski definition) is 2. The van der Waals surface area contributed by atoms with Crippen LogP contribution in [0.5, 0.6) is 0 Å². The van der Waals surface area contributed by atoms with Crippen molar-refractivity contribution in [3.8, 4) is 0 Å². The molecule has 4 bridgehead atoms. The molecule has 32 heavy (non-hydrogen) atoms. The Kier molecular flexibility index (Phi) is 5.14. The van der Waals surface area contributed by atoms with E-state index in [0.29, 0.717) is 26.2 Å². The van der Waals surface area contributed by atoms with E-state index in [1.807, 2.05) is 34.1 Å². The first-order chi connectivity index (χ1) is 15.5. The van der Waals surface area contributed by atoms with Crippen LogP contribution in [0.15, 0.2) is 72.8 Å². The molecule has 4 aliphatic rings. The molecule has 160 valence electrons. The predicted molar refractivity (Wildman–Crippen MR) is 128 cm³/mol. The number of carbonyl (C=O) groups excluding carboxylic acids is 2. The lowest BCUT2D eigenvalue weighted by atomic mass is 9.90. The largest absolute Gasteiger partial charge is 0.334 e. The highest BCUT2D eigenvalue weighted by atomic mass is 16.2. The fourth-order valence-corrected chi connectivity index (χ4v) is 4.78. The van der Waals surface area contributed by atoms with Gasteiger partial charge >= 0.3 is 0 Å². The Labute approximate surface area is 188 Å². The van der Waals surface area contributed by atoms with Crippen LogP contribution in [0.25, 0.3) is 21.5 Å². The highest BCUT2D eigenvalue weighted by molar-refractivity contribution is 6.06. The van der Waals surface area contributed by atoms with Crippen molar-refractivity contribution in [1.29, 1.82) is 0 Å². The zero-order valence-corrected chi connectivity index (χ0v) is 18.5. The summed E-state index contributed by atoms with van der Waals surface area (Å²) in [7, 11) is 0. The molecule has 8 rings (SSSR count). The molecule has 4 aromatic rings. The lowest BCUT2D eigenvalue weighted by Crippen LogP contribution is -2.29. The average molecular weight is 423 g/mol. The van der Waals surface area contributed by atoms with Crippen LogP contribution in [0.2, 0.25) is 0 Å². The lowest BCUT2D eigenvalue weighted by molar-refractivity contribution is -0.130. The van der Waals surface area contributed by atoms with E-state index in [-0.39, 0.29) is 11.8 Å². The molecule has 4 aliphatic heterocycles. The number of nitrogens with zero attached hydrogens (tertiary/aromatic N) is 2. The Balaban J connectivity index is 1.82. The summed E-state index contributed by atoms with van der Waals surface area (Å²) in [6, 6.07) is 25.0. The molecule has 0 atom stereocenters. The third-order valence-corrected chi connectivity index (χ3v) is 6.51. The quantitative estimate of drug-likeness (QED) is 0.356. The summed E-state index contributed by atoms with van der Waals surface area (Å²) in [5.74, 6) is 0.113. The number of rotatable bonds is 0. The Morgan fingerprint density at radius 1 is 0.531 bits per heavy atom. The smallest absolute Gasteiger partial charge is 0.220 e. The van der Waals surface area contributed by atoms with Crippen molar-refractivity contribution < 1.29 is 9.59 Å². The van der Waals surface area contributed by atoms with E-state index in [4.69, 9.17) is 0 Å². The fourth-order valence-electron chi connectivity index (χ4n) is 4.78. The van der Waals surface area contributed by atoms with Gasteiger partial charge in [0.25, 0.3) is 0 Å². The SMILES string of the molecule is CC(=O)N1Cc2ccc(cc2)CN(C(C)=O)Cc2c3ccccc3c(c3ccccc23)C1. The monoisotopic (exact) mass is 422 g/mol. The molecular weight excluding hydrogens is 396 g/mol. The highest BCUT2D eigenvalue weighted by Crippen LogP contribution is 2.35. The fraction of sp³-hybridized carbons (Fsp3) is 0.214. The maximum Gasteiger partial charge on any atom is 0.220 e. The Bertz CT molecular complexity index is 1180. The molecule has 0 fully saturated rings. The molecule has 4 nitrogen and oxygen atoms in total. The topological polar surface area (TPSA) is 40.6 Å². The number of benzene rings is 4. The van der Waals surface area contributed by atoms with Gasteiger partial charge < -0.3 is 9.80 Å². The predicted octanol–water partition coefficient (Wildman–Crippen LogP) is 5.40. The second kappa shape index (κ2) is 8.12. The van der Waals surface area contributed by atoms with Crippen LogP contribution < -0.4 is 0 Å². The van der Waals surface area contributed by atoms with Gasteiger partial charge in [-0.15, -0.1) is 0 Å². The molecule has 0 aromatic heterocycles. The summed E-state index contributed by atoms with van der Waals surface area (Å²) in [6.07, 6.45) is 0. The molecule has 4 aromatic carbocycles. The third-order valence-electron chi connectivity index (χ3n) is 6.51. The first kappa shape index (κ1) is 20.3. The van der Waals surface area contributed by atoms with Crippen molar-refractivity contribution in [3.63, 3.8) is 0 Å². The van der Waals surface area contributed by atoms with Gasteiger partial charge in [0.1, 0.15) is 0 Å². The average Bonchev–Trinajstić information content (AvgIpc) is 2.80. The summed E-state index contributed by atoms with van der Waals surface area (Å²) in [5.41, 5.74) is 4.47. The molecule has 0 N–H and O–H groups in total. The van der Waals surface area contributed by atoms with E-state index >= 15 is 0 Å². The van der Waals surface area contributed by atoms with Crippen molar-refractivity contribution in [2.24, 2.45) is 0 Å². The van der Waals surface area contributed by atoms with Crippen molar-refractivity contribution >= 4 is 33.4 Å². The van der Waals surface area contributed by atoms with Crippen LogP contribution in [0.1, 0.15) is 36.1 Å². The molecule has 0 aliphatic carbocycles. The van der Waals surface area contributed by atoms with Crippen LogP contribution in [-0.2, 0) is 35.8 Å². The highest BCUT2D eigenvalue weighted by Gasteiger charge is 2.21. The number of amides is 2. The first-order valence-electron chi connectivity index (χ1n) is 11.0. The molecule has 0 radical (unpaired) electrons. The summed E-state index contributed by atoms with van der Waals surface area (Å²) in [4.78, 5) is 29.1. The standard InChI is InChI=1S/C28H26N2O2/c1-19(31)29-15-21-11-13-22(14-12-21)16-30(20(2)32)18-28-25-9-5-3-7-23(25)27(17-29)24-8-4-6-10-26(24)28/h3-14H,15-18H2,1-2H3. The van der Waals surface area contributed by atoms with Crippen LogP contribution in [0.3, 0.4) is 0 Å². The normalized spacial score (nSPS) is 14.2. The van der Waals surface area contributed by atoms with E-state index in [1.165, 1.54) is 0 Å². The molecule has 2 amide bonds. The molecule has 0 saturated carbocycles. The second-order valence-corrected chi connectivity index (χ2v) is 8.61. The number of hydrogen-bond donors (Lipinski definition) is 0. The molecule has 0 saturated heterocycles. The van der Waals surface area contributed by atoms with Crippen molar-refractivity contribution in [3.05, 3.63) is 95.1 Å².